The Kier molecular flexibility index (Phi) is 2.45. The third-order valence-corrected chi connectivity index (χ3v) is 2.15. The lowest BCUT2D eigenvalue weighted by atomic mass is 10.0. The summed E-state index contributed by atoms with van der Waals surface area (Å²) >= 11 is 0. The highest BCUT2D eigenvalue weighted by atomic mass is 16.5. The van der Waals surface area contributed by atoms with E-state index in [9.17, 15) is 4.79 Å². The molecule has 76 valence electrons. The molecule has 2 heterocycles. The zero-order chi connectivity index (χ0) is 9.97. The molecule has 6 nitrogen and oxygen atoms in total. The Labute approximate surface area is 79.9 Å². The molecule has 6 heteroatoms. The highest BCUT2D eigenvalue weighted by Gasteiger charge is 2.23. The third-order valence-electron chi connectivity index (χ3n) is 2.15. The predicted octanol–water partition coefficient (Wildman–Crippen LogP) is 0.662. The van der Waals surface area contributed by atoms with E-state index in [0.717, 1.165) is 19.4 Å². The average Bonchev–Trinajstić information content (AvgIpc) is 2.68. The van der Waals surface area contributed by atoms with Crippen LogP contribution in [0.4, 0.5) is 0 Å². The van der Waals surface area contributed by atoms with E-state index < -0.39 is 5.97 Å². The fraction of sp³-hybridized carbons (Fsp3) is 0.625. The van der Waals surface area contributed by atoms with Crippen LogP contribution in [0.2, 0.25) is 0 Å². The Morgan fingerprint density at radius 2 is 2.43 bits per heavy atom. The molecule has 1 unspecified atom stereocenters. The molecule has 1 saturated heterocycles. The van der Waals surface area contributed by atoms with Crippen LogP contribution in [0.25, 0.3) is 0 Å². The van der Waals surface area contributed by atoms with Gasteiger partial charge in [0.1, 0.15) is 0 Å². The highest BCUT2D eigenvalue weighted by Crippen LogP contribution is 2.22. The molecular formula is C8H10N2O4. The highest BCUT2D eigenvalue weighted by molar-refractivity contribution is 5.81. The van der Waals surface area contributed by atoms with E-state index in [-0.39, 0.29) is 11.8 Å². The van der Waals surface area contributed by atoms with Crippen LogP contribution in [-0.2, 0) is 4.74 Å². The van der Waals surface area contributed by atoms with E-state index in [0.29, 0.717) is 12.4 Å². The molecule has 0 amide bonds. The second kappa shape index (κ2) is 3.75. The number of carboxylic acids is 1. The van der Waals surface area contributed by atoms with Gasteiger partial charge in [0, 0.05) is 12.5 Å². The Balaban J connectivity index is 2.11. The molecule has 0 spiro atoms. The molecule has 0 aromatic carbocycles. The van der Waals surface area contributed by atoms with Crippen molar-refractivity contribution in [3.05, 3.63) is 11.7 Å². The smallest absolute Gasteiger partial charge is 0.394 e. The largest absolute Gasteiger partial charge is 0.474 e. The average molecular weight is 198 g/mol. The van der Waals surface area contributed by atoms with Gasteiger partial charge in [-0.15, -0.1) is 0 Å². The zero-order valence-electron chi connectivity index (χ0n) is 7.47. The number of aromatic nitrogens is 2. The lowest BCUT2D eigenvalue weighted by molar-refractivity contribution is 0.0643. The molecule has 0 bridgehead atoms. The van der Waals surface area contributed by atoms with Crippen molar-refractivity contribution in [2.24, 2.45) is 0 Å². The summed E-state index contributed by atoms with van der Waals surface area (Å²) in [5, 5.41) is 12.2. The minimum absolute atomic E-state index is 0.0700. The van der Waals surface area contributed by atoms with Crippen LogP contribution in [0.3, 0.4) is 0 Å². The van der Waals surface area contributed by atoms with Gasteiger partial charge in [0.05, 0.1) is 6.61 Å². The van der Waals surface area contributed by atoms with Gasteiger partial charge in [-0.1, -0.05) is 5.16 Å². The van der Waals surface area contributed by atoms with Crippen LogP contribution in [0.5, 0.6) is 0 Å². The lowest BCUT2D eigenvalue weighted by Gasteiger charge is -2.18. The van der Waals surface area contributed by atoms with E-state index >= 15 is 0 Å². The summed E-state index contributed by atoms with van der Waals surface area (Å²) in [6.07, 6.45) is 1.86. The van der Waals surface area contributed by atoms with Crippen LogP contribution in [0.1, 0.15) is 35.3 Å². The van der Waals surface area contributed by atoms with Gasteiger partial charge in [0.15, 0.2) is 5.82 Å². The van der Waals surface area contributed by atoms with Crippen LogP contribution in [0.15, 0.2) is 4.52 Å². The quantitative estimate of drug-likeness (QED) is 0.751. The number of carbonyl (C=O) groups is 1. The van der Waals surface area contributed by atoms with Crippen LogP contribution in [0, 0.1) is 0 Å². The monoisotopic (exact) mass is 198 g/mol. The zero-order valence-corrected chi connectivity index (χ0v) is 7.47. The lowest BCUT2D eigenvalue weighted by Crippen LogP contribution is -2.16. The SMILES string of the molecule is O=C(O)c1nc(C2CCCOC2)no1. The van der Waals surface area contributed by atoms with Crippen molar-refractivity contribution in [1.82, 2.24) is 10.1 Å². The Bertz CT molecular complexity index is 330. The molecule has 1 aromatic rings. The van der Waals surface area contributed by atoms with Crippen LogP contribution < -0.4 is 0 Å². The number of aromatic carboxylic acids is 1. The van der Waals surface area contributed by atoms with Gasteiger partial charge in [-0.3, -0.25) is 0 Å². The van der Waals surface area contributed by atoms with Gasteiger partial charge in [0.2, 0.25) is 0 Å². The van der Waals surface area contributed by atoms with Gasteiger partial charge in [0.25, 0.3) is 0 Å². The molecule has 14 heavy (non-hydrogen) atoms. The first-order valence-electron chi connectivity index (χ1n) is 4.42. The first-order chi connectivity index (χ1) is 6.77. The van der Waals surface area contributed by atoms with Gasteiger partial charge in [-0.05, 0) is 12.8 Å². The fourth-order valence-electron chi connectivity index (χ4n) is 1.43. The van der Waals surface area contributed by atoms with Crippen molar-refractivity contribution < 1.29 is 19.2 Å². The number of nitrogens with zero attached hydrogens (tertiary/aromatic N) is 2. The standard InChI is InChI=1S/C8H10N2O4/c11-8(12)7-9-6(10-14-7)5-2-1-3-13-4-5/h5H,1-4H2,(H,11,12). The topological polar surface area (TPSA) is 85.5 Å². The molecule has 0 radical (unpaired) electrons. The number of carboxylic acid groups (broad SMARTS) is 1. The number of hydrogen-bond donors (Lipinski definition) is 1. The molecule has 2 rings (SSSR count). The van der Waals surface area contributed by atoms with Gasteiger partial charge in [-0.25, -0.2) is 4.79 Å². The van der Waals surface area contributed by atoms with Gasteiger partial charge in [-0.2, -0.15) is 4.98 Å². The second-order valence-electron chi connectivity index (χ2n) is 3.18. The maximum absolute atomic E-state index is 10.5. The van der Waals surface area contributed by atoms with E-state index in [1.807, 2.05) is 0 Å². The molecule has 1 fully saturated rings. The summed E-state index contributed by atoms with van der Waals surface area (Å²) < 4.78 is 9.80. The van der Waals surface area contributed by atoms with Crippen molar-refractivity contribution in [1.29, 1.82) is 0 Å². The molecule has 0 aliphatic carbocycles. The Hall–Kier alpha value is -1.43. The third kappa shape index (κ3) is 1.74. The van der Waals surface area contributed by atoms with Crippen LogP contribution in [-0.4, -0.2) is 34.4 Å². The van der Waals surface area contributed by atoms with E-state index in [4.69, 9.17) is 9.84 Å². The molecule has 1 aliphatic rings. The maximum Gasteiger partial charge on any atom is 0.394 e. The summed E-state index contributed by atoms with van der Waals surface area (Å²) in [7, 11) is 0. The number of rotatable bonds is 2. The Morgan fingerprint density at radius 1 is 1.57 bits per heavy atom. The van der Waals surface area contributed by atoms with Gasteiger partial charge < -0.3 is 14.4 Å². The summed E-state index contributed by atoms with van der Waals surface area (Å²) in [5.41, 5.74) is 0. The number of hydrogen-bond acceptors (Lipinski definition) is 5. The van der Waals surface area contributed by atoms with Crippen molar-refractivity contribution in [3.63, 3.8) is 0 Å². The van der Waals surface area contributed by atoms with E-state index in [1.54, 1.807) is 0 Å². The first-order valence-corrected chi connectivity index (χ1v) is 4.42. The predicted molar refractivity (Wildman–Crippen MR) is 44.1 cm³/mol. The molecule has 1 N–H and O–H groups in total. The summed E-state index contributed by atoms with van der Waals surface area (Å²) in [5.74, 6) is -1.05. The maximum atomic E-state index is 10.5. The first kappa shape index (κ1) is 9.14. The molecule has 0 saturated carbocycles. The molecule has 1 atom stereocenters. The molecule has 1 aromatic heterocycles. The summed E-state index contributed by atoms with van der Waals surface area (Å²) in [6, 6.07) is 0. The molecule has 1 aliphatic heterocycles. The fourth-order valence-corrected chi connectivity index (χ4v) is 1.43. The van der Waals surface area contributed by atoms with E-state index in [2.05, 4.69) is 14.7 Å². The second-order valence-corrected chi connectivity index (χ2v) is 3.18. The van der Waals surface area contributed by atoms with Gasteiger partial charge >= 0.3 is 11.9 Å². The van der Waals surface area contributed by atoms with Crippen molar-refractivity contribution in [2.45, 2.75) is 18.8 Å². The van der Waals surface area contributed by atoms with E-state index in [1.165, 1.54) is 0 Å². The summed E-state index contributed by atoms with van der Waals surface area (Å²) in [4.78, 5) is 14.2. The normalized spacial score (nSPS) is 22.1. The van der Waals surface area contributed by atoms with Crippen molar-refractivity contribution >= 4 is 5.97 Å². The Morgan fingerprint density at radius 3 is 3.00 bits per heavy atom. The minimum Gasteiger partial charge on any atom is -0.474 e. The van der Waals surface area contributed by atoms with Crippen LogP contribution >= 0.6 is 0 Å². The number of ether oxygens (including phenoxy) is 1. The minimum atomic E-state index is -1.19. The van der Waals surface area contributed by atoms with Crippen molar-refractivity contribution in [3.8, 4) is 0 Å². The van der Waals surface area contributed by atoms with Crippen molar-refractivity contribution in [2.75, 3.05) is 13.2 Å². The molecular weight excluding hydrogens is 188 g/mol. The summed E-state index contributed by atoms with van der Waals surface area (Å²) in [6.45, 7) is 1.29.